The quantitative estimate of drug-likeness (QED) is 0.674. The number of nitrogens with one attached hydrogen (secondary N) is 1. The minimum absolute atomic E-state index is 0.0153. The molecule has 158 valence electrons. The van der Waals surface area contributed by atoms with Crippen LogP contribution in [-0.2, 0) is 11.4 Å². The number of carbonyl (C=O) groups excluding carboxylic acids is 1. The van der Waals surface area contributed by atoms with E-state index in [9.17, 15) is 4.79 Å². The van der Waals surface area contributed by atoms with Crippen LogP contribution in [0, 0.1) is 11.3 Å². The number of benzene rings is 2. The highest BCUT2D eigenvalue weighted by Gasteiger charge is 2.36. The van der Waals surface area contributed by atoms with Crippen molar-refractivity contribution in [2.24, 2.45) is 16.0 Å². The predicted octanol–water partition coefficient (Wildman–Crippen LogP) is 4.55. The molecule has 0 aromatic heterocycles. The molecule has 0 aliphatic carbocycles. The fraction of sp³-hybridized carbons (Fsp3) is 0.217. The van der Waals surface area contributed by atoms with E-state index < -0.39 is 5.91 Å². The van der Waals surface area contributed by atoms with Gasteiger partial charge >= 0.3 is 0 Å². The highest BCUT2D eigenvalue weighted by atomic mass is 32.2. The van der Waals surface area contributed by atoms with Gasteiger partial charge in [-0.2, -0.15) is 15.1 Å². The third kappa shape index (κ3) is 4.39. The Hall–Kier alpha value is -3.39. The van der Waals surface area contributed by atoms with Crippen LogP contribution in [0.25, 0.3) is 6.08 Å². The van der Waals surface area contributed by atoms with Crippen LogP contribution in [-0.4, -0.2) is 34.1 Å². The molecule has 0 fully saturated rings. The second kappa shape index (κ2) is 8.77. The molecule has 0 atom stereocenters. The fourth-order valence-corrected chi connectivity index (χ4v) is 3.93. The first-order valence-corrected chi connectivity index (χ1v) is 10.6. The summed E-state index contributed by atoms with van der Waals surface area (Å²) >= 11 is 1.33. The van der Waals surface area contributed by atoms with E-state index in [2.05, 4.69) is 10.1 Å². The number of amides is 1. The number of methoxy groups -OCH3 is 1. The van der Waals surface area contributed by atoms with Gasteiger partial charge in [0.1, 0.15) is 11.7 Å². The summed E-state index contributed by atoms with van der Waals surface area (Å²) in [4.78, 5) is 16.7. The molecule has 2 heterocycles. The number of aliphatic imine (C=N–C) groups is 1. The van der Waals surface area contributed by atoms with Crippen molar-refractivity contribution in [3.05, 3.63) is 65.2 Å². The Bertz CT molecular complexity index is 1120. The van der Waals surface area contributed by atoms with Crippen molar-refractivity contribution in [2.45, 2.75) is 20.5 Å². The van der Waals surface area contributed by atoms with E-state index in [4.69, 9.17) is 14.9 Å². The van der Waals surface area contributed by atoms with Crippen LogP contribution in [0.2, 0.25) is 0 Å². The van der Waals surface area contributed by atoms with Crippen molar-refractivity contribution in [1.29, 1.82) is 5.41 Å². The molecule has 0 radical (unpaired) electrons. The maximum atomic E-state index is 12.6. The summed E-state index contributed by atoms with van der Waals surface area (Å²) in [5.41, 5.74) is 1.93. The Morgan fingerprint density at radius 2 is 1.94 bits per heavy atom. The van der Waals surface area contributed by atoms with E-state index in [0.717, 1.165) is 10.6 Å². The SMILES string of the molecule is COc1cc(C=C2C(=N)N3N=C(C(C)C)SC3=NC2=O)ccc1OCc1ccccc1. The van der Waals surface area contributed by atoms with E-state index in [1.807, 2.05) is 50.2 Å². The molecule has 0 spiro atoms. The van der Waals surface area contributed by atoms with Crippen molar-refractivity contribution in [2.75, 3.05) is 7.11 Å². The molecule has 0 bridgehead atoms. The minimum atomic E-state index is -0.452. The Morgan fingerprint density at radius 3 is 2.65 bits per heavy atom. The number of ether oxygens (including phenoxy) is 2. The number of thioether (sulfide) groups is 1. The number of amidine groups is 2. The Kier molecular flexibility index (Phi) is 5.90. The molecule has 2 aliphatic heterocycles. The zero-order valence-electron chi connectivity index (χ0n) is 17.5. The second-order valence-electron chi connectivity index (χ2n) is 7.30. The van der Waals surface area contributed by atoms with Gasteiger partial charge in [0.15, 0.2) is 17.3 Å². The molecule has 4 rings (SSSR count). The molecule has 1 N–H and O–H groups in total. The number of hydrazone groups is 1. The van der Waals surface area contributed by atoms with Crippen LogP contribution >= 0.6 is 11.8 Å². The lowest BCUT2D eigenvalue weighted by Crippen LogP contribution is -2.35. The summed E-state index contributed by atoms with van der Waals surface area (Å²) in [6.45, 7) is 4.45. The van der Waals surface area contributed by atoms with Crippen molar-refractivity contribution >= 4 is 39.8 Å². The van der Waals surface area contributed by atoms with Crippen molar-refractivity contribution in [3.63, 3.8) is 0 Å². The van der Waals surface area contributed by atoms with Crippen LogP contribution in [0.15, 0.2) is 64.2 Å². The third-order valence-electron chi connectivity index (χ3n) is 4.70. The highest BCUT2D eigenvalue weighted by Crippen LogP contribution is 2.33. The van der Waals surface area contributed by atoms with Crippen LogP contribution in [0.5, 0.6) is 11.5 Å². The smallest absolute Gasteiger partial charge is 0.283 e. The van der Waals surface area contributed by atoms with Crippen LogP contribution in [0.3, 0.4) is 0 Å². The van der Waals surface area contributed by atoms with Crippen LogP contribution < -0.4 is 9.47 Å². The second-order valence-corrected chi connectivity index (χ2v) is 8.29. The van der Waals surface area contributed by atoms with E-state index >= 15 is 0 Å². The van der Waals surface area contributed by atoms with E-state index in [1.54, 1.807) is 25.3 Å². The molecule has 2 aromatic rings. The lowest BCUT2D eigenvalue weighted by molar-refractivity contribution is -0.114. The number of hydrogen-bond donors (Lipinski definition) is 1. The standard InChI is InChI=1S/C23H22N4O3S/c1-14(2)22-26-27-20(24)17(21(28)25-23(27)31-22)11-16-9-10-18(19(12-16)29-3)30-13-15-7-5-4-6-8-15/h4-12,14,24H,13H2,1-3H3. The van der Waals surface area contributed by atoms with Crippen molar-refractivity contribution in [3.8, 4) is 11.5 Å². The molecule has 0 unspecified atom stereocenters. The van der Waals surface area contributed by atoms with Crippen molar-refractivity contribution in [1.82, 2.24) is 5.01 Å². The Balaban J connectivity index is 1.57. The van der Waals surface area contributed by atoms with E-state index in [1.165, 1.54) is 16.8 Å². The Morgan fingerprint density at radius 1 is 1.16 bits per heavy atom. The number of rotatable bonds is 6. The lowest BCUT2D eigenvalue weighted by Gasteiger charge is -2.20. The fourth-order valence-electron chi connectivity index (χ4n) is 3.04. The van der Waals surface area contributed by atoms with Gasteiger partial charge in [0.25, 0.3) is 5.91 Å². The molecular weight excluding hydrogens is 412 g/mol. The largest absolute Gasteiger partial charge is 0.493 e. The third-order valence-corrected chi connectivity index (χ3v) is 5.91. The molecule has 0 saturated heterocycles. The van der Waals surface area contributed by atoms with Gasteiger partial charge in [0.2, 0.25) is 5.17 Å². The van der Waals surface area contributed by atoms with E-state index in [0.29, 0.717) is 28.8 Å². The number of nitrogens with zero attached hydrogens (tertiary/aromatic N) is 3. The normalized spacial score (nSPS) is 17.0. The van der Waals surface area contributed by atoms with Gasteiger partial charge in [-0.3, -0.25) is 10.2 Å². The van der Waals surface area contributed by atoms with Crippen LogP contribution in [0.1, 0.15) is 25.0 Å². The average molecular weight is 435 g/mol. The summed E-state index contributed by atoms with van der Waals surface area (Å²) in [6.07, 6.45) is 1.63. The molecule has 7 nitrogen and oxygen atoms in total. The summed E-state index contributed by atoms with van der Waals surface area (Å²) in [7, 11) is 1.57. The summed E-state index contributed by atoms with van der Waals surface area (Å²) < 4.78 is 11.4. The zero-order valence-corrected chi connectivity index (χ0v) is 18.3. The monoisotopic (exact) mass is 434 g/mol. The molecule has 8 heteroatoms. The van der Waals surface area contributed by atoms with Gasteiger partial charge in [-0.15, -0.1) is 0 Å². The summed E-state index contributed by atoms with van der Waals surface area (Å²) in [6, 6.07) is 15.2. The van der Waals surface area contributed by atoms with Gasteiger partial charge in [-0.1, -0.05) is 50.2 Å². The van der Waals surface area contributed by atoms with Gasteiger partial charge < -0.3 is 9.47 Å². The van der Waals surface area contributed by atoms with Gasteiger partial charge in [0.05, 0.1) is 12.7 Å². The molecule has 2 aliphatic rings. The molecular formula is C23H22N4O3S. The topological polar surface area (TPSA) is 87.3 Å². The summed E-state index contributed by atoms with van der Waals surface area (Å²) in [5.74, 6) is 0.900. The van der Waals surface area contributed by atoms with Gasteiger partial charge in [0, 0.05) is 5.92 Å². The van der Waals surface area contributed by atoms with Crippen LogP contribution in [0.4, 0.5) is 0 Å². The lowest BCUT2D eigenvalue weighted by atomic mass is 10.1. The minimum Gasteiger partial charge on any atom is -0.493 e. The average Bonchev–Trinajstić information content (AvgIpc) is 3.21. The highest BCUT2D eigenvalue weighted by molar-refractivity contribution is 8.27. The number of fused-ring (bicyclic) bond motifs is 1. The first kappa shape index (κ1) is 20.9. The van der Waals surface area contributed by atoms with Crippen molar-refractivity contribution < 1.29 is 14.3 Å². The molecule has 0 saturated carbocycles. The zero-order chi connectivity index (χ0) is 22.0. The predicted molar refractivity (Wildman–Crippen MR) is 124 cm³/mol. The first-order valence-electron chi connectivity index (χ1n) is 9.81. The molecule has 2 aromatic carbocycles. The summed E-state index contributed by atoms with van der Waals surface area (Å²) in [5, 5.41) is 15.6. The van der Waals surface area contributed by atoms with E-state index in [-0.39, 0.29) is 17.3 Å². The van der Waals surface area contributed by atoms with Gasteiger partial charge in [-0.05, 0) is 41.1 Å². The maximum Gasteiger partial charge on any atom is 0.283 e. The number of hydrogen-bond acceptors (Lipinski definition) is 6. The first-order chi connectivity index (χ1) is 15.0. The molecule has 31 heavy (non-hydrogen) atoms. The molecule has 1 amide bonds. The Labute approximate surface area is 185 Å². The maximum absolute atomic E-state index is 12.6. The number of carbonyl (C=O) groups is 1. The van der Waals surface area contributed by atoms with Gasteiger partial charge in [-0.25, -0.2) is 0 Å².